The molecule has 0 bridgehead atoms. The number of para-hydroxylation sites is 1. The summed E-state index contributed by atoms with van der Waals surface area (Å²) in [7, 11) is 0. The van der Waals surface area contributed by atoms with Crippen LogP contribution in [0.15, 0.2) is 41.2 Å². The number of fused-ring (bicyclic) bond motifs is 5. The lowest BCUT2D eigenvalue weighted by molar-refractivity contribution is -0.189. The minimum atomic E-state index is -1.78. The van der Waals surface area contributed by atoms with Crippen molar-refractivity contribution < 1.29 is 48.1 Å². The van der Waals surface area contributed by atoms with E-state index in [9.17, 15) is 43.5 Å². The molecular formula is C54H80N10O11. The Labute approximate surface area is 438 Å². The molecular weight excluding hydrogens is 965 g/mol. The van der Waals surface area contributed by atoms with E-state index < -0.39 is 65.4 Å². The molecule has 0 aliphatic carbocycles. The van der Waals surface area contributed by atoms with E-state index in [1.165, 1.54) is 0 Å². The highest BCUT2D eigenvalue weighted by Crippen LogP contribution is 2.41. The van der Waals surface area contributed by atoms with Gasteiger partial charge in [-0.2, -0.15) is 0 Å². The molecule has 412 valence electrons. The van der Waals surface area contributed by atoms with Crippen LogP contribution in [0.25, 0.3) is 22.3 Å². The molecule has 75 heavy (non-hydrogen) atoms. The Morgan fingerprint density at radius 3 is 1.73 bits per heavy atom. The number of nitrogens with one attached hydrogen (secondary N) is 4. The van der Waals surface area contributed by atoms with Gasteiger partial charge in [-0.15, -0.1) is 0 Å². The summed E-state index contributed by atoms with van der Waals surface area (Å²) in [5.41, 5.74) is 24.1. The van der Waals surface area contributed by atoms with E-state index in [1.54, 1.807) is 17.6 Å². The minimum absolute atomic E-state index is 0.0457. The molecule has 0 spiro atoms. The van der Waals surface area contributed by atoms with Gasteiger partial charge >= 0.3 is 17.9 Å². The Bertz CT molecular complexity index is 2500. The van der Waals surface area contributed by atoms with E-state index in [1.807, 2.05) is 30.3 Å². The zero-order chi connectivity index (χ0) is 54.3. The van der Waals surface area contributed by atoms with E-state index in [4.69, 9.17) is 37.4 Å². The number of nitrogens with two attached hydrogens (primary N) is 4. The van der Waals surface area contributed by atoms with Gasteiger partial charge in [0.15, 0.2) is 0 Å². The molecule has 0 unspecified atom stereocenters. The van der Waals surface area contributed by atoms with Gasteiger partial charge in [-0.25, -0.2) is 14.6 Å². The van der Waals surface area contributed by atoms with Gasteiger partial charge in [0.2, 0.25) is 29.2 Å². The number of carboxylic acids is 1. The molecule has 21 nitrogen and oxygen atoms in total. The molecule has 3 aromatic rings. The van der Waals surface area contributed by atoms with Crippen molar-refractivity contribution in [2.45, 2.75) is 185 Å². The minimum Gasteiger partial charge on any atom is -0.480 e. The Morgan fingerprint density at radius 2 is 1.19 bits per heavy atom. The number of benzene rings is 1. The molecule has 2 aliphatic heterocycles. The van der Waals surface area contributed by atoms with Crippen LogP contribution in [0.2, 0.25) is 0 Å². The zero-order valence-electron chi connectivity index (χ0n) is 43.6. The highest BCUT2D eigenvalue weighted by molar-refractivity contribution is 5.95. The fourth-order valence-corrected chi connectivity index (χ4v) is 9.71. The normalized spacial score (nSPS) is 16.1. The molecule has 0 radical (unpaired) electrons. The Balaban J connectivity index is 1.10. The lowest BCUT2D eigenvalue weighted by Crippen LogP contribution is -2.57. The third-order valence-corrected chi connectivity index (χ3v) is 14.0. The van der Waals surface area contributed by atoms with E-state index in [0.717, 1.165) is 29.3 Å². The van der Waals surface area contributed by atoms with Crippen molar-refractivity contribution >= 4 is 52.4 Å². The van der Waals surface area contributed by atoms with Crippen LogP contribution < -0.4 is 49.8 Å². The summed E-state index contributed by atoms with van der Waals surface area (Å²) >= 11 is 0. The van der Waals surface area contributed by atoms with Crippen LogP contribution in [0.1, 0.15) is 158 Å². The number of aliphatic carboxylic acids is 1. The van der Waals surface area contributed by atoms with Crippen molar-refractivity contribution in [2.24, 2.45) is 22.9 Å². The summed E-state index contributed by atoms with van der Waals surface area (Å²) in [6, 6.07) is 7.14. The van der Waals surface area contributed by atoms with Gasteiger partial charge in [0.05, 0.1) is 29.0 Å². The van der Waals surface area contributed by atoms with Crippen molar-refractivity contribution in [3.05, 3.63) is 63.4 Å². The second kappa shape index (κ2) is 30.3. The van der Waals surface area contributed by atoms with Crippen molar-refractivity contribution in [2.75, 3.05) is 26.2 Å². The summed E-state index contributed by atoms with van der Waals surface area (Å²) in [5, 5.41) is 21.7. The third-order valence-electron chi connectivity index (χ3n) is 14.0. The average Bonchev–Trinajstić information content (AvgIpc) is 3.75. The number of rotatable bonds is 35. The fourth-order valence-electron chi connectivity index (χ4n) is 9.71. The maximum atomic E-state index is 13.9. The average molecular weight is 1050 g/mol. The van der Waals surface area contributed by atoms with E-state index in [-0.39, 0.29) is 68.6 Å². The number of ether oxygens (including phenoxy) is 2. The number of carbonyl (C=O) groups excluding carboxylic acids is 6. The first-order chi connectivity index (χ1) is 36.2. The third kappa shape index (κ3) is 16.6. The summed E-state index contributed by atoms with van der Waals surface area (Å²) in [4.78, 5) is 112. The van der Waals surface area contributed by atoms with Crippen LogP contribution >= 0.6 is 0 Å². The molecule has 5 rings (SSSR count). The molecule has 0 fully saturated rings. The first-order valence-corrected chi connectivity index (χ1v) is 27.0. The SMILES string of the molecule is CC[C@]1(OC(=O)CCCCCCCCC(=O)N[C@@H](CCCCN)C(=O)N[C@@H](CCCCN)C(=O)N[C@@H](CCCCN)C(=O)N[C@@H](CCCCN)C(=O)O)C(=O)OCc2c1cc1n(c2=O)Cc2cc3ccccc3nc2-1. The number of esters is 2. The number of hydrogen-bond donors (Lipinski definition) is 9. The van der Waals surface area contributed by atoms with Gasteiger partial charge in [-0.1, -0.05) is 50.8 Å². The lowest BCUT2D eigenvalue weighted by atomic mass is 9.85. The van der Waals surface area contributed by atoms with Crippen molar-refractivity contribution in [1.82, 2.24) is 30.8 Å². The number of pyridine rings is 2. The van der Waals surface area contributed by atoms with Gasteiger partial charge in [-0.05, 0) is 141 Å². The maximum absolute atomic E-state index is 13.9. The van der Waals surface area contributed by atoms with Crippen LogP contribution in [0.5, 0.6) is 0 Å². The first kappa shape index (κ1) is 59.6. The van der Waals surface area contributed by atoms with Crippen LogP contribution in [0.4, 0.5) is 0 Å². The lowest BCUT2D eigenvalue weighted by Gasteiger charge is -2.35. The van der Waals surface area contributed by atoms with Gasteiger partial charge in [0.1, 0.15) is 30.8 Å². The van der Waals surface area contributed by atoms with Gasteiger partial charge in [0, 0.05) is 29.4 Å². The highest BCUT2D eigenvalue weighted by atomic mass is 16.6. The fraction of sp³-hybridized carbons (Fsp3) is 0.611. The molecule has 2 aromatic heterocycles. The Kier molecular flexibility index (Phi) is 24.1. The molecule has 0 saturated heterocycles. The molecule has 21 heteroatoms. The molecule has 2 aliphatic rings. The summed E-state index contributed by atoms with van der Waals surface area (Å²) in [6.45, 7) is 3.30. The van der Waals surface area contributed by atoms with Crippen molar-refractivity contribution in [1.29, 1.82) is 0 Å². The van der Waals surface area contributed by atoms with Crippen LogP contribution in [-0.2, 0) is 61.8 Å². The predicted molar refractivity (Wildman–Crippen MR) is 282 cm³/mol. The number of aromatic nitrogens is 2. The molecule has 4 amide bonds. The second-order valence-electron chi connectivity index (χ2n) is 19.6. The number of carbonyl (C=O) groups is 7. The molecule has 5 atom stereocenters. The maximum Gasteiger partial charge on any atom is 0.355 e. The van der Waals surface area contributed by atoms with Crippen molar-refractivity contribution in [3.8, 4) is 11.4 Å². The smallest absolute Gasteiger partial charge is 0.355 e. The number of cyclic esters (lactones) is 1. The van der Waals surface area contributed by atoms with Crippen LogP contribution in [0, 0.1) is 0 Å². The summed E-state index contributed by atoms with van der Waals surface area (Å²) in [5.74, 6) is -4.70. The highest BCUT2D eigenvalue weighted by Gasteiger charge is 2.50. The largest absolute Gasteiger partial charge is 0.480 e. The van der Waals surface area contributed by atoms with Crippen LogP contribution in [0.3, 0.4) is 0 Å². The number of hydrogen-bond acceptors (Lipinski definition) is 15. The molecule has 1 aromatic carbocycles. The molecule has 4 heterocycles. The standard InChI is InChI=1S/C54H80N10O11/c1-2-54(38-32-44-47-36(31-35-19-9-10-20-39(35)60-47)33-64(44)51(70)37(38)34-74-53(54)73)75-46(66)26-8-6-4-3-5-7-25-45(65)59-40(21-11-15-27-55)48(67)61-41(22-12-16-28-56)49(68)62-42(23-13-17-29-57)50(69)63-43(52(71)72)24-14-18-30-58/h9-10,19-20,31-32,40-43H,2-8,11-18,21-30,33-34,55-58H2,1H3,(H,59,65)(H,61,67)(H,62,68)(H,63,69)(H,71,72)/t40-,41-,42-,43-,54+/m0/s1. The second-order valence-corrected chi connectivity index (χ2v) is 19.6. The predicted octanol–water partition coefficient (Wildman–Crippen LogP) is 3.29. The number of amides is 4. The number of unbranched alkanes of at least 4 members (excludes halogenated alkanes) is 9. The topological polar surface area (TPSA) is 345 Å². The molecule has 0 saturated carbocycles. The zero-order valence-corrected chi connectivity index (χ0v) is 43.6. The first-order valence-electron chi connectivity index (χ1n) is 27.0. The van der Waals surface area contributed by atoms with Gasteiger partial charge in [-0.3, -0.25) is 28.8 Å². The Morgan fingerprint density at radius 1 is 0.680 bits per heavy atom. The monoisotopic (exact) mass is 1040 g/mol. The summed E-state index contributed by atoms with van der Waals surface area (Å²) in [6.07, 6.45) is 9.38. The molecule has 13 N–H and O–H groups in total. The quantitative estimate of drug-likeness (QED) is 0.0236. The Hall–Kier alpha value is -6.29. The number of nitrogens with zero attached hydrogens (tertiary/aromatic N) is 2. The van der Waals surface area contributed by atoms with E-state index in [2.05, 4.69) is 21.3 Å². The summed E-state index contributed by atoms with van der Waals surface area (Å²) < 4.78 is 13.1. The van der Waals surface area contributed by atoms with E-state index >= 15 is 0 Å². The van der Waals surface area contributed by atoms with Crippen LogP contribution in [-0.4, -0.2) is 107 Å². The van der Waals surface area contributed by atoms with Gasteiger partial charge < -0.3 is 63.3 Å². The number of carboxylic acid groups (broad SMARTS) is 1. The van der Waals surface area contributed by atoms with E-state index in [0.29, 0.717) is 127 Å². The van der Waals surface area contributed by atoms with Gasteiger partial charge in [0.25, 0.3) is 5.56 Å². The van der Waals surface area contributed by atoms with Crippen molar-refractivity contribution in [3.63, 3.8) is 0 Å².